The maximum atomic E-state index is 4.71. The number of hydrogen-bond acceptors (Lipinski definition) is 4. The Morgan fingerprint density at radius 2 is 1.92 bits per heavy atom. The van der Waals surface area contributed by atoms with Crippen molar-refractivity contribution in [2.45, 2.75) is 20.0 Å². The van der Waals surface area contributed by atoms with Crippen LogP contribution in [0, 0.1) is 0 Å². The van der Waals surface area contributed by atoms with Gasteiger partial charge in [0, 0.05) is 41.7 Å². The van der Waals surface area contributed by atoms with Crippen LogP contribution in [0.15, 0.2) is 46.8 Å². The Hall–Kier alpha value is -1.66. The molecule has 0 unspecified atom stereocenters. The molecular weight excluding hydrogens is 348 g/mol. The number of thiophene rings is 1. The fourth-order valence-corrected chi connectivity index (χ4v) is 4.28. The van der Waals surface area contributed by atoms with E-state index in [4.69, 9.17) is 4.99 Å². The molecule has 0 aliphatic carbocycles. The molecule has 3 rings (SSSR count). The summed E-state index contributed by atoms with van der Waals surface area (Å²) in [5.74, 6) is 3.33. The van der Waals surface area contributed by atoms with Gasteiger partial charge in [-0.2, -0.15) is 11.8 Å². The molecule has 2 N–H and O–H groups in total. The molecule has 6 heteroatoms. The Bertz CT molecular complexity index is 647. The van der Waals surface area contributed by atoms with Crippen LogP contribution in [0.5, 0.6) is 0 Å². The number of rotatable bonds is 6. The Balaban J connectivity index is 1.55. The van der Waals surface area contributed by atoms with E-state index in [0.29, 0.717) is 6.54 Å². The van der Waals surface area contributed by atoms with E-state index in [1.54, 1.807) is 11.3 Å². The molecule has 134 valence electrons. The first-order valence-electron chi connectivity index (χ1n) is 8.81. The fourth-order valence-electron chi connectivity index (χ4n) is 2.73. The van der Waals surface area contributed by atoms with Gasteiger partial charge in [0.15, 0.2) is 5.96 Å². The molecule has 0 atom stereocenters. The largest absolute Gasteiger partial charge is 0.370 e. The van der Waals surface area contributed by atoms with Crippen molar-refractivity contribution in [1.82, 2.24) is 10.6 Å². The van der Waals surface area contributed by atoms with E-state index in [1.807, 2.05) is 11.8 Å². The maximum absolute atomic E-state index is 4.71. The highest BCUT2D eigenvalue weighted by atomic mass is 32.2. The summed E-state index contributed by atoms with van der Waals surface area (Å²) in [6, 6.07) is 13.1. The Labute approximate surface area is 158 Å². The van der Waals surface area contributed by atoms with Gasteiger partial charge in [0.05, 0.1) is 13.1 Å². The minimum atomic E-state index is 0.690. The third kappa shape index (κ3) is 5.68. The summed E-state index contributed by atoms with van der Waals surface area (Å²) in [5.41, 5.74) is 2.57. The van der Waals surface area contributed by atoms with E-state index < -0.39 is 0 Å². The number of anilines is 1. The molecule has 1 aromatic carbocycles. The van der Waals surface area contributed by atoms with Crippen LogP contribution >= 0.6 is 23.1 Å². The number of nitrogens with one attached hydrogen (secondary N) is 2. The van der Waals surface area contributed by atoms with Crippen molar-refractivity contribution in [2.24, 2.45) is 4.99 Å². The van der Waals surface area contributed by atoms with Crippen molar-refractivity contribution >= 4 is 34.7 Å². The van der Waals surface area contributed by atoms with Crippen molar-refractivity contribution in [3.63, 3.8) is 0 Å². The normalized spacial score (nSPS) is 15.2. The fraction of sp³-hybridized carbons (Fsp3) is 0.421. The highest BCUT2D eigenvalue weighted by molar-refractivity contribution is 7.99. The Morgan fingerprint density at radius 3 is 2.60 bits per heavy atom. The summed E-state index contributed by atoms with van der Waals surface area (Å²) >= 11 is 3.80. The van der Waals surface area contributed by atoms with Gasteiger partial charge in [-0.1, -0.05) is 18.2 Å². The van der Waals surface area contributed by atoms with Crippen molar-refractivity contribution < 1.29 is 0 Å². The quantitative estimate of drug-likeness (QED) is 0.599. The second kappa shape index (κ2) is 9.73. The smallest absolute Gasteiger partial charge is 0.191 e. The lowest BCUT2D eigenvalue weighted by Gasteiger charge is -2.28. The lowest BCUT2D eigenvalue weighted by Crippen LogP contribution is -2.36. The zero-order valence-corrected chi connectivity index (χ0v) is 16.3. The number of benzene rings is 1. The molecule has 1 aliphatic rings. The third-order valence-electron chi connectivity index (χ3n) is 4.09. The SMILES string of the molecule is CCNC(=NCc1ccc(N2CCSCC2)cc1)NCc1cccs1. The predicted octanol–water partition coefficient (Wildman–Crippen LogP) is 3.56. The van der Waals surface area contributed by atoms with Gasteiger partial charge in [0.2, 0.25) is 0 Å². The molecular formula is C19H26N4S2. The number of hydrogen-bond donors (Lipinski definition) is 2. The molecule has 1 aromatic heterocycles. The van der Waals surface area contributed by atoms with E-state index in [1.165, 1.54) is 27.6 Å². The van der Waals surface area contributed by atoms with E-state index >= 15 is 0 Å². The minimum absolute atomic E-state index is 0.690. The molecule has 2 aromatic rings. The van der Waals surface area contributed by atoms with Crippen molar-refractivity contribution in [3.8, 4) is 0 Å². The maximum Gasteiger partial charge on any atom is 0.191 e. The van der Waals surface area contributed by atoms with E-state index in [2.05, 4.69) is 64.2 Å². The van der Waals surface area contributed by atoms with Gasteiger partial charge in [-0.05, 0) is 36.1 Å². The lowest BCUT2D eigenvalue weighted by molar-refractivity contribution is 0.823. The van der Waals surface area contributed by atoms with Crippen molar-refractivity contribution in [2.75, 3.05) is 36.0 Å². The molecule has 0 saturated carbocycles. The summed E-state index contributed by atoms with van der Waals surface area (Å²) in [4.78, 5) is 8.49. The van der Waals surface area contributed by atoms with Crippen LogP contribution in [0.4, 0.5) is 5.69 Å². The van der Waals surface area contributed by atoms with Crippen LogP contribution in [-0.2, 0) is 13.1 Å². The van der Waals surface area contributed by atoms with Crippen molar-refractivity contribution in [1.29, 1.82) is 0 Å². The van der Waals surface area contributed by atoms with Gasteiger partial charge >= 0.3 is 0 Å². The molecule has 0 amide bonds. The first-order chi connectivity index (χ1) is 12.3. The van der Waals surface area contributed by atoms with E-state index in [0.717, 1.165) is 32.1 Å². The third-order valence-corrected chi connectivity index (χ3v) is 5.91. The summed E-state index contributed by atoms with van der Waals surface area (Å²) in [7, 11) is 0. The van der Waals surface area contributed by atoms with E-state index in [9.17, 15) is 0 Å². The monoisotopic (exact) mass is 374 g/mol. The van der Waals surface area contributed by atoms with Crippen LogP contribution in [0.1, 0.15) is 17.4 Å². The number of guanidine groups is 1. The second-order valence-corrected chi connectivity index (χ2v) is 8.15. The number of nitrogens with zero attached hydrogens (tertiary/aromatic N) is 2. The summed E-state index contributed by atoms with van der Waals surface area (Å²) in [5, 5.41) is 8.81. The van der Waals surface area contributed by atoms with Crippen LogP contribution in [0.25, 0.3) is 0 Å². The van der Waals surface area contributed by atoms with Crippen LogP contribution in [0.3, 0.4) is 0 Å². The molecule has 1 saturated heterocycles. The first-order valence-corrected chi connectivity index (χ1v) is 10.8. The number of aliphatic imine (C=N–C) groups is 1. The zero-order valence-electron chi connectivity index (χ0n) is 14.7. The van der Waals surface area contributed by atoms with Crippen molar-refractivity contribution in [3.05, 3.63) is 52.2 Å². The minimum Gasteiger partial charge on any atom is -0.370 e. The zero-order chi connectivity index (χ0) is 17.3. The van der Waals surface area contributed by atoms with Crippen LogP contribution in [-0.4, -0.2) is 37.1 Å². The standard InChI is InChI=1S/C19H26N4S2/c1-2-20-19(22-15-18-4-3-11-25-18)21-14-16-5-7-17(8-6-16)23-9-12-24-13-10-23/h3-8,11H,2,9-10,12-15H2,1H3,(H2,20,21,22). The molecule has 4 nitrogen and oxygen atoms in total. The van der Waals surface area contributed by atoms with Gasteiger partial charge in [0.25, 0.3) is 0 Å². The average molecular weight is 375 g/mol. The molecule has 2 heterocycles. The first kappa shape index (κ1) is 18.1. The number of thioether (sulfide) groups is 1. The highest BCUT2D eigenvalue weighted by Crippen LogP contribution is 2.20. The molecule has 1 aliphatic heterocycles. The Morgan fingerprint density at radius 1 is 1.12 bits per heavy atom. The molecule has 1 fully saturated rings. The Kier molecular flexibility index (Phi) is 7.06. The topological polar surface area (TPSA) is 39.7 Å². The van der Waals surface area contributed by atoms with Gasteiger partial charge in [-0.25, -0.2) is 4.99 Å². The molecule has 0 bridgehead atoms. The molecule has 0 radical (unpaired) electrons. The van der Waals surface area contributed by atoms with Gasteiger partial charge in [-0.3, -0.25) is 0 Å². The van der Waals surface area contributed by atoms with Gasteiger partial charge in [-0.15, -0.1) is 11.3 Å². The summed E-state index contributed by atoms with van der Waals surface area (Å²) in [6.45, 7) is 6.76. The summed E-state index contributed by atoms with van der Waals surface area (Å²) in [6.07, 6.45) is 0. The van der Waals surface area contributed by atoms with Gasteiger partial charge < -0.3 is 15.5 Å². The van der Waals surface area contributed by atoms with E-state index in [-0.39, 0.29) is 0 Å². The lowest BCUT2D eigenvalue weighted by atomic mass is 10.2. The van der Waals surface area contributed by atoms with Crippen LogP contribution < -0.4 is 15.5 Å². The second-order valence-electron chi connectivity index (χ2n) is 5.89. The van der Waals surface area contributed by atoms with Crippen LogP contribution in [0.2, 0.25) is 0 Å². The molecule has 25 heavy (non-hydrogen) atoms. The van der Waals surface area contributed by atoms with Gasteiger partial charge in [0.1, 0.15) is 0 Å². The highest BCUT2D eigenvalue weighted by Gasteiger charge is 2.10. The predicted molar refractivity (Wildman–Crippen MR) is 112 cm³/mol. The average Bonchev–Trinajstić information content (AvgIpc) is 3.19. The molecule has 0 spiro atoms. The summed E-state index contributed by atoms with van der Waals surface area (Å²) < 4.78 is 0.